The van der Waals surface area contributed by atoms with Gasteiger partial charge in [0, 0.05) is 30.9 Å². The van der Waals surface area contributed by atoms with Crippen molar-refractivity contribution in [2.24, 2.45) is 0 Å². The molecule has 184 valence electrons. The first-order valence-corrected chi connectivity index (χ1v) is 11.8. The number of H-pyrrole nitrogens is 1. The van der Waals surface area contributed by atoms with E-state index >= 15 is 0 Å². The number of anilines is 2. The highest BCUT2D eigenvalue weighted by atomic mass is 16.5. The summed E-state index contributed by atoms with van der Waals surface area (Å²) in [5.41, 5.74) is 3.64. The van der Waals surface area contributed by atoms with Gasteiger partial charge < -0.3 is 14.2 Å². The summed E-state index contributed by atoms with van der Waals surface area (Å²) in [6.07, 6.45) is 5.26. The van der Waals surface area contributed by atoms with Crippen LogP contribution in [0.5, 0.6) is 5.75 Å². The number of pyridine rings is 1. The fraction of sp³-hybridized carbons (Fsp3) is 0.148. The lowest BCUT2D eigenvalue weighted by molar-refractivity contribution is 0.415. The summed E-state index contributed by atoms with van der Waals surface area (Å²) >= 11 is 0. The van der Waals surface area contributed by atoms with Gasteiger partial charge in [-0.25, -0.2) is 9.97 Å². The van der Waals surface area contributed by atoms with E-state index in [0.717, 1.165) is 39.0 Å². The first kappa shape index (κ1) is 22.5. The van der Waals surface area contributed by atoms with E-state index in [1.807, 2.05) is 59.2 Å². The Morgan fingerprint density at radius 2 is 1.76 bits per heavy atom. The van der Waals surface area contributed by atoms with E-state index in [9.17, 15) is 4.79 Å². The molecule has 0 saturated carbocycles. The normalized spacial score (nSPS) is 11.3. The molecule has 0 atom stereocenters. The Labute approximate surface area is 211 Å². The molecule has 0 unspecified atom stereocenters. The molecule has 0 aliphatic rings. The van der Waals surface area contributed by atoms with Crippen molar-refractivity contribution in [1.82, 2.24) is 34.5 Å². The van der Waals surface area contributed by atoms with Crippen molar-refractivity contribution >= 4 is 33.6 Å². The lowest BCUT2D eigenvalue weighted by atomic mass is 10.1. The maximum atomic E-state index is 12.0. The minimum atomic E-state index is -0.0151. The first-order valence-electron chi connectivity index (χ1n) is 11.8. The number of rotatable bonds is 7. The molecule has 0 aliphatic carbocycles. The van der Waals surface area contributed by atoms with Gasteiger partial charge in [-0.15, -0.1) is 0 Å². The number of nitrogens with one attached hydrogen (secondary N) is 1. The maximum absolute atomic E-state index is 12.0. The zero-order valence-electron chi connectivity index (χ0n) is 20.4. The maximum Gasteiger partial charge on any atom is 0.250 e. The van der Waals surface area contributed by atoms with Crippen LogP contribution >= 0.6 is 0 Å². The van der Waals surface area contributed by atoms with Gasteiger partial charge in [0.25, 0.3) is 5.56 Å². The van der Waals surface area contributed by atoms with Crippen LogP contribution in [0.15, 0.2) is 84.2 Å². The van der Waals surface area contributed by atoms with Crippen LogP contribution in [-0.2, 0) is 13.1 Å². The number of nitrogens with zero attached hydrogens (tertiary/aromatic N) is 7. The summed E-state index contributed by atoms with van der Waals surface area (Å²) in [6, 6.07) is 19.1. The summed E-state index contributed by atoms with van der Waals surface area (Å²) in [6.45, 7) is 1.11. The predicted octanol–water partition coefficient (Wildman–Crippen LogP) is 3.74. The van der Waals surface area contributed by atoms with Crippen molar-refractivity contribution < 1.29 is 4.74 Å². The molecule has 0 radical (unpaired) electrons. The predicted molar refractivity (Wildman–Crippen MR) is 141 cm³/mol. The molecule has 0 saturated heterocycles. The number of methoxy groups -OCH3 is 1. The van der Waals surface area contributed by atoms with Crippen LogP contribution in [0.1, 0.15) is 11.1 Å². The van der Waals surface area contributed by atoms with Gasteiger partial charge in [-0.05, 0) is 35.4 Å². The van der Waals surface area contributed by atoms with Crippen LogP contribution in [0.3, 0.4) is 0 Å². The molecular formula is C27H24N8O2. The van der Waals surface area contributed by atoms with Gasteiger partial charge in [-0.3, -0.25) is 14.6 Å². The zero-order chi connectivity index (χ0) is 25.4. The number of ether oxygens (including phenoxy) is 1. The van der Waals surface area contributed by atoms with Gasteiger partial charge in [-0.1, -0.05) is 30.3 Å². The molecule has 6 rings (SSSR count). The van der Waals surface area contributed by atoms with Crippen LogP contribution in [-0.4, -0.2) is 48.7 Å². The summed E-state index contributed by atoms with van der Waals surface area (Å²) in [4.78, 5) is 22.8. The highest BCUT2D eigenvalue weighted by molar-refractivity contribution is 5.96. The lowest BCUT2D eigenvalue weighted by Crippen LogP contribution is -2.18. The number of hydrogen-bond donors (Lipinski definition) is 1. The monoisotopic (exact) mass is 492 g/mol. The minimum absolute atomic E-state index is 0.0151. The molecule has 0 fully saturated rings. The Kier molecular flexibility index (Phi) is 5.61. The highest BCUT2D eigenvalue weighted by Gasteiger charge is 2.18. The second-order valence-corrected chi connectivity index (χ2v) is 8.76. The van der Waals surface area contributed by atoms with Crippen molar-refractivity contribution in [3.63, 3.8) is 0 Å². The summed E-state index contributed by atoms with van der Waals surface area (Å²) in [7, 11) is 3.57. The van der Waals surface area contributed by atoms with Crippen LogP contribution in [0.4, 0.5) is 11.6 Å². The third-order valence-electron chi connectivity index (χ3n) is 6.35. The Bertz CT molecular complexity index is 1770. The number of benzene rings is 2. The second kappa shape index (κ2) is 9.23. The van der Waals surface area contributed by atoms with E-state index in [2.05, 4.69) is 37.4 Å². The quantitative estimate of drug-likeness (QED) is 0.362. The fourth-order valence-electron chi connectivity index (χ4n) is 4.41. The summed E-state index contributed by atoms with van der Waals surface area (Å²) in [5, 5.41) is 14.0. The average molecular weight is 493 g/mol. The van der Waals surface area contributed by atoms with E-state index in [4.69, 9.17) is 4.74 Å². The minimum Gasteiger partial charge on any atom is -0.497 e. The van der Waals surface area contributed by atoms with Crippen LogP contribution < -0.4 is 15.2 Å². The Morgan fingerprint density at radius 3 is 2.54 bits per heavy atom. The highest BCUT2D eigenvalue weighted by Crippen LogP contribution is 2.33. The van der Waals surface area contributed by atoms with Crippen molar-refractivity contribution in [2.45, 2.75) is 13.1 Å². The fourth-order valence-corrected chi connectivity index (χ4v) is 4.41. The number of hydrogen-bond acceptors (Lipinski definition) is 7. The summed E-state index contributed by atoms with van der Waals surface area (Å²) < 4.78 is 8.94. The van der Waals surface area contributed by atoms with E-state index in [1.165, 1.54) is 6.33 Å². The molecule has 1 N–H and O–H groups in total. The van der Waals surface area contributed by atoms with Crippen molar-refractivity contribution in [3.05, 3.63) is 101 Å². The third kappa shape index (κ3) is 4.29. The number of fused-ring (bicyclic) bond motifs is 2. The van der Waals surface area contributed by atoms with Crippen LogP contribution in [0, 0.1) is 0 Å². The van der Waals surface area contributed by atoms with Crippen molar-refractivity contribution in [1.29, 1.82) is 0 Å². The molecule has 37 heavy (non-hydrogen) atoms. The molecule has 0 bridgehead atoms. The third-order valence-corrected chi connectivity index (χ3v) is 6.35. The topological polar surface area (TPSA) is 107 Å². The standard InChI is InChI=1S/C27H24N8O2/c1-33(27-21-13-20(37-2)10-11-23(21)30-31-27)26-22-16-35(32-25(22)28-17-29-26)15-19-8-6-18(7-9-19)14-34-12-4-3-5-24(34)36/h3-13,16-17H,14-15H2,1-2H3,(H,30,31). The molecule has 4 aromatic heterocycles. The smallest absolute Gasteiger partial charge is 0.250 e. The van der Waals surface area contributed by atoms with Gasteiger partial charge in [0.05, 0.1) is 31.1 Å². The molecular weight excluding hydrogens is 468 g/mol. The lowest BCUT2D eigenvalue weighted by Gasteiger charge is -2.16. The van der Waals surface area contributed by atoms with Crippen molar-refractivity contribution in [2.75, 3.05) is 19.1 Å². The SMILES string of the molecule is COc1ccc2[nH]nc(N(C)c3ncnc4nn(Cc5ccc(Cn6ccccc6=O)cc5)cc34)c2c1. The molecule has 0 spiro atoms. The van der Waals surface area contributed by atoms with Crippen LogP contribution in [0.2, 0.25) is 0 Å². The molecule has 0 amide bonds. The molecule has 10 nitrogen and oxygen atoms in total. The Morgan fingerprint density at radius 1 is 0.946 bits per heavy atom. The van der Waals surface area contributed by atoms with E-state index < -0.39 is 0 Å². The first-order chi connectivity index (χ1) is 18.1. The van der Waals surface area contributed by atoms with Gasteiger partial charge >= 0.3 is 0 Å². The zero-order valence-corrected chi connectivity index (χ0v) is 20.4. The molecule has 10 heteroatoms. The molecule has 4 heterocycles. The van der Waals surface area contributed by atoms with Gasteiger partial charge in [-0.2, -0.15) is 10.2 Å². The number of aromatic amines is 1. The molecule has 6 aromatic rings. The van der Waals surface area contributed by atoms with Crippen molar-refractivity contribution in [3.8, 4) is 5.75 Å². The summed E-state index contributed by atoms with van der Waals surface area (Å²) in [5.74, 6) is 2.19. The van der Waals surface area contributed by atoms with Gasteiger partial charge in [0.15, 0.2) is 11.5 Å². The van der Waals surface area contributed by atoms with Gasteiger partial charge in [0.1, 0.15) is 17.9 Å². The van der Waals surface area contributed by atoms with Gasteiger partial charge in [0.2, 0.25) is 0 Å². The molecule has 0 aliphatic heterocycles. The van der Waals surface area contributed by atoms with E-state index in [1.54, 1.807) is 30.0 Å². The average Bonchev–Trinajstić information content (AvgIpc) is 3.54. The Balaban J connectivity index is 1.26. The molecule has 2 aromatic carbocycles. The number of aromatic nitrogens is 7. The van der Waals surface area contributed by atoms with E-state index in [0.29, 0.717) is 24.6 Å². The largest absolute Gasteiger partial charge is 0.497 e. The second-order valence-electron chi connectivity index (χ2n) is 8.76. The Hall–Kier alpha value is -4.99. The van der Waals surface area contributed by atoms with E-state index in [-0.39, 0.29) is 5.56 Å². The van der Waals surface area contributed by atoms with Crippen LogP contribution in [0.25, 0.3) is 21.9 Å².